The van der Waals surface area contributed by atoms with Crippen molar-refractivity contribution in [2.24, 2.45) is 11.7 Å². The third-order valence-corrected chi connectivity index (χ3v) is 4.06. The molecule has 0 aromatic heterocycles. The highest BCUT2D eigenvalue weighted by molar-refractivity contribution is 9.10. The smallest absolute Gasteiger partial charge is 0.133 e. The molecule has 2 aromatic rings. The molecule has 0 saturated carbocycles. The van der Waals surface area contributed by atoms with E-state index in [0.717, 1.165) is 23.1 Å². The average Bonchev–Trinajstić information content (AvgIpc) is 2.48. The van der Waals surface area contributed by atoms with Gasteiger partial charge in [0, 0.05) is 0 Å². The molecule has 0 saturated heterocycles. The summed E-state index contributed by atoms with van der Waals surface area (Å²) in [5, 5.41) is 0. The number of nitrogens with two attached hydrogens (primary N) is 1. The highest BCUT2D eigenvalue weighted by Crippen LogP contribution is 2.27. The van der Waals surface area contributed by atoms with Crippen LogP contribution in [0.4, 0.5) is 0 Å². The minimum Gasteiger partial charge on any atom is -0.496 e. The van der Waals surface area contributed by atoms with Crippen LogP contribution in [0.25, 0.3) is 0 Å². The maximum absolute atomic E-state index is 5.93. The van der Waals surface area contributed by atoms with E-state index in [1.165, 1.54) is 11.1 Å². The molecule has 2 rings (SSSR count). The lowest BCUT2D eigenvalue weighted by atomic mass is 9.92. The summed E-state index contributed by atoms with van der Waals surface area (Å²) in [6, 6.07) is 16.7. The van der Waals surface area contributed by atoms with Gasteiger partial charge in [0.1, 0.15) is 5.75 Å². The lowest BCUT2D eigenvalue weighted by Crippen LogP contribution is -2.19. The molecule has 0 amide bonds. The van der Waals surface area contributed by atoms with Crippen LogP contribution < -0.4 is 10.5 Å². The second kappa shape index (κ2) is 7.46. The van der Waals surface area contributed by atoms with Crippen molar-refractivity contribution in [3.63, 3.8) is 0 Å². The van der Waals surface area contributed by atoms with Gasteiger partial charge in [-0.15, -0.1) is 0 Å². The topological polar surface area (TPSA) is 35.2 Å². The molecule has 2 aromatic carbocycles. The molecule has 0 radical (unpaired) electrons. The van der Waals surface area contributed by atoms with Crippen molar-refractivity contribution in [1.82, 2.24) is 0 Å². The molecule has 0 aliphatic carbocycles. The van der Waals surface area contributed by atoms with Crippen molar-refractivity contribution in [2.75, 3.05) is 13.7 Å². The van der Waals surface area contributed by atoms with Crippen molar-refractivity contribution in [1.29, 1.82) is 0 Å². The quantitative estimate of drug-likeness (QED) is 0.872. The maximum atomic E-state index is 5.93. The largest absolute Gasteiger partial charge is 0.496 e. The molecule has 0 heterocycles. The third kappa shape index (κ3) is 4.09. The highest BCUT2D eigenvalue weighted by Gasteiger charge is 2.10. The maximum Gasteiger partial charge on any atom is 0.133 e. The molecular formula is C17H20BrNO. The van der Waals surface area contributed by atoms with Gasteiger partial charge in [-0.3, -0.25) is 0 Å². The fourth-order valence-corrected chi connectivity index (χ4v) is 2.94. The molecule has 0 spiro atoms. The fourth-order valence-electron chi connectivity index (χ4n) is 2.36. The fraction of sp³-hybridized carbons (Fsp3) is 0.294. The third-order valence-electron chi connectivity index (χ3n) is 3.44. The van der Waals surface area contributed by atoms with Gasteiger partial charge in [0.05, 0.1) is 11.6 Å². The molecule has 2 N–H and O–H groups in total. The van der Waals surface area contributed by atoms with Crippen LogP contribution in [0, 0.1) is 5.92 Å². The number of hydrogen-bond acceptors (Lipinski definition) is 2. The van der Waals surface area contributed by atoms with Crippen LogP contribution in [0.2, 0.25) is 0 Å². The number of hydrogen-bond donors (Lipinski definition) is 1. The first-order valence-corrected chi connectivity index (χ1v) is 7.58. The Morgan fingerprint density at radius 1 is 1.05 bits per heavy atom. The molecule has 2 nitrogen and oxygen atoms in total. The normalized spacial score (nSPS) is 12.2. The van der Waals surface area contributed by atoms with Crippen LogP contribution in [0.15, 0.2) is 53.0 Å². The van der Waals surface area contributed by atoms with E-state index < -0.39 is 0 Å². The Morgan fingerprint density at radius 2 is 1.75 bits per heavy atom. The zero-order valence-corrected chi connectivity index (χ0v) is 13.3. The van der Waals surface area contributed by atoms with E-state index in [9.17, 15) is 0 Å². The number of methoxy groups -OCH3 is 1. The average molecular weight is 334 g/mol. The van der Waals surface area contributed by atoms with Crippen LogP contribution >= 0.6 is 15.9 Å². The van der Waals surface area contributed by atoms with Crippen molar-refractivity contribution in [3.8, 4) is 5.75 Å². The Morgan fingerprint density at radius 3 is 2.35 bits per heavy atom. The minimum atomic E-state index is 0.456. The number of benzene rings is 2. The van der Waals surface area contributed by atoms with E-state index in [-0.39, 0.29) is 0 Å². The molecular weight excluding hydrogens is 314 g/mol. The summed E-state index contributed by atoms with van der Waals surface area (Å²) in [5.74, 6) is 1.32. The second-order valence-electron chi connectivity index (χ2n) is 4.96. The lowest BCUT2D eigenvalue weighted by Gasteiger charge is -2.15. The summed E-state index contributed by atoms with van der Waals surface area (Å²) < 4.78 is 6.25. The summed E-state index contributed by atoms with van der Waals surface area (Å²) in [6.07, 6.45) is 2.00. The van der Waals surface area contributed by atoms with Gasteiger partial charge in [-0.05, 0) is 64.5 Å². The molecule has 0 aliphatic heterocycles. The van der Waals surface area contributed by atoms with Crippen LogP contribution in [0.3, 0.4) is 0 Å². The standard InChI is InChI=1S/C17H20BrNO/c1-20-17-8-7-14(11-16(17)18)10-15(12-19)9-13-5-3-2-4-6-13/h2-8,11,15H,9-10,12,19H2,1H3. The Hall–Kier alpha value is -1.32. The molecule has 20 heavy (non-hydrogen) atoms. The highest BCUT2D eigenvalue weighted by atomic mass is 79.9. The van der Waals surface area contributed by atoms with E-state index in [2.05, 4.69) is 52.3 Å². The number of rotatable bonds is 6. The zero-order chi connectivity index (χ0) is 14.4. The molecule has 3 heteroatoms. The van der Waals surface area contributed by atoms with Gasteiger partial charge in [0.15, 0.2) is 0 Å². The van der Waals surface area contributed by atoms with Gasteiger partial charge >= 0.3 is 0 Å². The first-order valence-electron chi connectivity index (χ1n) is 6.79. The molecule has 0 aliphatic rings. The summed E-state index contributed by atoms with van der Waals surface area (Å²) >= 11 is 3.53. The van der Waals surface area contributed by atoms with Crippen molar-refractivity contribution in [2.45, 2.75) is 12.8 Å². The van der Waals surface area contributed by atoms with Crippen molar-refractivity contribution in [3.05, 3.63) is 64.1 Å². The molecule has 0 fully saturated rings. The van der Waals surface area contributed by atoms with Crippen molar-refractivity contribution < 1.29 is 4.74 Å². The van der Waals surface area contributed by atoms with E-state index in [0.29, 0.717) is 12.5 Å². The predicted molar refractivity (Wildman–Crippen MR) is 87.1 cm³/mol. The minimum absolute atomic E-state index is 0.456. The van der Waals surface area contributed by atoms with Gasteiger partial charge < -0.3 is 10.5 Å². The van der Waals surface area contributed by atoms with E-state index in [1.54, 1.807) is 7.11 Å². The summed E-state index contributed by atoms with van der Waals surface area (Å²) in [4.78, 5) is 0. The van der Waals surface area contributed by atoms with Gasteiger partial charge in [-0.25, -0.2) is 0 Å². The zero-order valence-electron chi connectivity index (χ0n) is 11.7. The SMILES string of the molecule is COc1ccc(CC(CN)Cc2ccccc2)cc1Br. The Labute approximate surface area is 129 Å². The van der Waals surface area contributed by atoms with Crippen LogP contribution in [0.1, 0.15) is 11.1 Å². The van der Waals surface area contributed by atoms with E-state index >= 15 is 0 Å². The van der Waals surface area contributed by atoms with Gasteiger partial charge in [0.25, 0.3) is 0 Å². The van der Waals surface area contributed by atoms with Crippen LogP contribution in [-0.2, 0) is 12.8 Å². The number of halogens is 1. The van der Waals surface area contributed by atoms with Gasteiger partial charge in [0.2, 0.25) is 0 Å². The molecule has 0 bridgehead atoms. The lowest BCUT2D eigenvalue weighted by molar-refractivity contribution is 0.411. The molecule has 106 valence electrons. The number of ether oxygens (including phenoxy) is 1. The first kappa shape index (κ1) is 15.1. The second-order valence-corrected chi connectivity index (χ2v) is 5.82. The van der Waals surface area contributed by atoms with Crippen LogP contribution in [-0.4, -0.2) is 13.7 Å². The van der Waals surface area contributed by atoms with E-state index in [4.69, 9.17) is 10.5 Å². The van der Waals surface area contributed by atoms with Crippen LogP contribution in [0.5, 0.6) is 5.75 Å². The van der Waals surface area contributed by atoms with E-state index in [1.807, 2.05) is 12.1 Å². The Bertz CT molecular complexity index is 542. The monoisotopic (exact) mass is 333 g/mol. The summed E-state index contributed by atoms with van der Waals surface area (Å²) in [6.45, 7) is 0.693. The Kier molecular flexibility index (Phi) is 5.62. The first-order chi connectivity index (χ1) is 9.72. The van der Waals surface area contributed by atoms with Gasteiger partial charge in [-0.1, -0.05) is 36.4 Å². The van der Waals surface area contributed by atoms with Crippen molar-refractivity contribution >= 4 is 15.9 Å². The van der Waals surface area contributed by atoms with Gasteiger partial charge in [-0.2, -0.15) is 0 Å². The summed E-state index contributed by atoms with van der Waals surface area (Å²) in [7, 11) is 1.68. The Balaban J connectivity index is 2.04. The summed E-state index contributed by atoms with van der Waals surface area (Å²) in [5.41, 5.74) is 8.55. The molecule has 1 unspecified atom stereocenters. The molecule has 1 atom stereocenters. The predicted octanol–water partition coefficient (Wildman–Crippen LogP) is 3.82.